The second-order valence-electron chi connectivity index (χ2n) is 8.37. The van der Waals surface area contributed by atoms with Gasteiger partial charge in [0.1, 0.15) is 11.8 Å². The second kappa shape index (κ2) is 11.6. The summed E-state index contributed by atoms with van der Waals surface area (Å²) in [4.78, 5) is 51.3. The van der Waals surface area contributed by atoms with Gasteiger partial charge in [-0.3, -0.25) is 19.5 Å². The first-order valence-corrected chi connectivity index (χ1v) is 12.3. The number of phenols is 1. The van der Waals surface area contributed by atoms with Gasteiger partial charge in [0.15, 0.2) is 0 Å². The highest BCUT2D eigenvalue weighted by Crippen LogP contribution is 2.22. The number of hydrogen-bond acceptors (Lipinski definition) is 8. The summed E-state index contributed by atoms with van der Waals surface area (Å²) in [6, 6.07) is 12.0. The Morgan fingerprint density at radius 2 is 1.84 bits per heavy atom. The minimum atomic E-state index is -1.16. The van der Waals surface area contributed by atoms with Crippen LogP contribution in [0.1, 0.15) is 40.8 Å². The number of methoxy groups -OCH3 is 1. The largest absolute Gasteiger partial charge is 0.508 e. The molecule has 0 aliphatic carbocycles. The van der Waals surface area contributed by atoms with Crippen LogP contribution in [0.2, 0.25) is 0 Å². The Morgan fingerprint density at radius 1 is 1.05 bits per heavy atom. The fourth-order valence-corrected chi connectivity index (χ4v) is 4.76. The standard InChI is InChI=1S/C26H25N5O6S/c1-14-9-21(24(34)27-11-15-5-3-6-16(32)10-15)38-22(14)25(35)30-20(26(36)37-2)13-28-23(33)17-7-4-8-19-18(17)12-29-31-19/h3-10,12,20,32H,11,13H2,1-2H3,(H,27,34)(H,28,33)(H,29,31)(H,30,35). The monoisotopic (exact) mass is 535 g/mol. The summed E-state index contributed by atoms with van der Waals surface area (Å²) in [5.41, 5.74) is 2.32. The molecule has 3 amide bonds. The van der Waals surface area contributed by atoms with Crippen LogP contribution in [0.3, 0.4) is 0 Å². The van der Waals surface area contributed by atoms with Gasteiger partial charge >= 0.3 is 5.97 Å². The second-order valence-corrected chi connectivity index (χ2v) is 9.42. The van der Waals surface area contributed by atoms with Gasteiger partial charge in [0, 0.05) is 18.5 Å². The highest BCUT2D eigenvalue weighted by molar-refractivity contribution is 7.16. The van der Waals surface area contributed by atoms with E-state index in [1.165, 1.54) is 19.4 Å². The average Bonchev–Trinajstić information content (AvgIpc) is 3.55. The molecule has 1 atom stereocenters. The maximum absolute atomic E-state index is 13.0. The molecule has 2 aromatic heterocycles. The number of carbonyl (C=O) groups is 4. The van der Waals surface area contributed by atoms with E-state index in [4.69, 9.17) is 4.74 Å². The van der Waals surface area contributed by atoms with Crippen molar-refractivity contribution in [1.82, 2.24) is 26.1 Å². The fourth-order valence-electron chi connectivity index (χ4n) is 3.77. The molecule has 0 bridgehead atoms. The van der Waals surface area contributed by atoms with Crippen molar-refractivity contribution in [3.05, 3.63) is 81.2 Å². The number of aromatic nitrogens is 2. The summed E-state index contributed by atoms with van der Waals surface area (Å²) in [6.45, 7) is 1.66. The van der Waals surface area contributed by atoms with Crippen molar-refractivity contribution in [1.29, 1.82) is 0 Å². The molecule has 196 valence electrons. The lowest BCUT2D eigenvalue weighted by molar-refractivity contribution is -0.142. The van der Waals surface area contributed by atoms with E-state index in [2.05, 4.69) is 26.1 Å². The maximum atomic E-state index is 13.0. The zero-order valence-electron chi connectivity index (χ0n) is 20.5. The highest BCUT2D eigenvalue weighted by Gasteiger charge is 2.26. The van der Waals surface area contributed by atoms with Crippen molar-refractivity contribution in [3.63, 3.8) is 0 Å². The molecule has 5 N–H and O–H groups in total. The van der Waals surface area contributed by atoms with Crippen LogP contribution in [0, 0.1) is 6.92 Å². The van der Waals surface area contributed by atoms with Gasteiger partial charge in [0.25, 0.3) is 17.7 Å². The van der Waals surface area contributed by atoms with Gasteiger partial charge in [0.2, 0.25) is 0 Å². The van der Waals surface area contributed by atoms with Gasteiger partial charge in [-0.25, -0.2) is 4.79 Å². The van der Waals surface area contributed by atoms with Gasteiger partial charge in [0.05, 0.1) is 34.1 Å². The van der Waals surface area contributed by atoms with Crippen LogP contribution >= 0.6 is 11.3 Å². The zero-order valence-corrected chi connectivity index (χ0v) is 21.3. The Hall–Kier alpha value is -4.71. The summed E-state index contributed by atoms with van der Waals surface area (Å²) >= 11 is 0.976. The number of carbonyl (C=O) groups excluding carboxylic acids is 4. The summed E-state index contributed by atoms with van der Waals surface area (Å²) in [5, 5.41) is 24.9. The van der Waals surface area contributed by atoms with Crippen molar-refractivity contribution < 1.29 is 29.0 Å². The third kappa shape index (κ3) is 5.98. The number of fused-ring (bicyclic) bond motifs is 1. The predicted molar refractivity (Wildman–Crippen MR) is 140 cm³/mol. The van der Waals surface area contributed by atoms with Crippen LogP contribution in [0.4, 0.5) is 0 Å². The number of aromatic hydroxyl groups is 1. The van der Waals surface area contributed by atoms with Crippen molar-refractivity contribution in [2.45, 2.75) is 19.5 Å². The molecule has 0 aliphatic rings. The molecule has 0 aliphatic heterocycles. The Bertz CT molecular complexity index is 1510. The third-order valence-corrected chi connectivity index (χ3v) is 6.93. The Balaban J connectivity index is 1.40. The molecular formula is C26H25N5O6S. The number of esters is 1. The molecule has 2 aromatic carbocycles. The third-order valence-electron chi connectivity index (χ3n) is 5.70. The summed E-state index contributed by atoms with van der Waals surface area (Å²) in [7, 11) is 1.18. The van der Waals surface area contributed by atoms with E-state index >= 15 is 0 Å². The summed E-state index contributed by atoms with van der Waals surface area (Å²) in [6.07, 6.45) is 1.53. The zero-order chi connectivity index (χ0) is 27.2. The van der Waals surface area contributed by atoms with Crippen molar-refractivity contribution in [3.8, 4) is 5.75 Å². The van der Waals surface area contributed by atoms with Crippen molar-refractivity contribution in [2.75, 3.05) is 13.7 Å². The van der Waals surface area contributed by atoms with Gasteiger partial charge in [-0.2, -0.15) is 5.10 Å². The number of nitrogens with one attached hydrogen (secondary N) is 4. The number of thiophene rings is 1. The van der Waals surface area contributed by atoms with Crippen LogP contribution in [0.25, 0.3) is 10.9 Å². The lowest BCUT2D eigenvalue weighted by atomic mass is 10.1. The molecule has 4 rings (SSSR count). The van der Waals surface area contributed by atoms with E-state index in [0.717, 1.165) is 16.9 Å². The normalized spacial score (nSPS) is 11.5. The van der Waals surface area contributed by atoms with E-state index < -0.39 is 23.8 Å². The van der Waals surface area contributed by atoms with E-state index in [1.807, 2.05) is 0 Å². The molecule has 0 spiro atoms. The quantitative estimate of drug-likeness (QED) is 0.205. The number of aryl methyl sites for hydroxylation is 1. The number of phenolic OH excluding ortho intramolecular Hbond substituents is 1. The van der Waals surface area contributed by atoms with Gasteiger partial charge in [-0.05, 0) is 48.4 Å². The van der Waals surface area contributed by atoms with E-state index in [1.54, 1.807) is 49.4 Å². The van der Waals surface area contributed by atoms with Crippen LogP contribution in [0.5, 0.6) is 5.75 Å². The first-order chi connectivity index (χ1) is 18.3. The van der Waals surface area contributed by atoms with Crippen molar-refractivity contribution in [2.24, 2.45) is 0 Å². The topological polar surface area (TPSA) is 163 Å². The number of nitrogens with zero attached hydrogens (tertiary/aromatic N) is 1. The molecule has 4 aromatic rings. The highest BCUT2D eigenvalue weighted by atomic mass is 32.1. The number of H-pyrrole nitrogens is 1. The molecular weight excluding hydrogens is 510 g/mol. The molecule has 0 saturated heterocycles. The number of ether oxygens (including phenoxy) is 1. The number of rotatable bonds is 9. The predicted octanol–water partition coefficient (Wildman–Crippen LogP) is 2.27. The molecule has 12 heteroatoms. The SMILES string of the molecule is COC(=O)C(CNC(=O)c1cccc2[nH]ncc12)NC(=O)c1sc(C(=O)NCc2cccc(O)c2)cc1C. The van der Waals surface area contributed by atoms with Crippen LogP contribution < -0.4 is 16.0 Å². The Morgan fingerprint density at radius 3 is 2.61 bits per heavy atom. The van der Waals surface area contributed by atoms with E-state index in [-0.39, 0.29) is 29.6 Å². The molecule has 38 heavy (non-hydrogen) atoms. The molecule has 11 nitrogen and oxygen atoms in total. The minimum Gasteiger partial charge on any atom is -0.508 e. The lowest BCUT2D eigenvalue weighted by Gasteiger charge is -2.17. The molecule has 0 saturated carbocycles. The summed E-state index contributed by atoms with van der Waals surface area (Å²) in [5.74, 6) is -2.05. The first-order valence-electron chi connectivity index (χ1n) is 11.5. The lowest BCUT2D eigenvalue weighted by Crippen LogP contribution is -2.49. The smallest absolute Gasteiger partial charge is 0.330 e. The fraction of sp³-hybridized carbons (Fsp3) is 0.192. The van der Waals surface area contributed by atoms with Gasteiger partial charge in [-0.15, -0.1) is 11.3 Å². The molecule has 0 fully saturated rings. The molecule has 2 heterocycles. The minimum absolute atomic E-state index is 0.0950. The van der Waals surface area contributed by atoms with Gasteiger partial charge < -0.3 is 25.8 Å². The Kier molecular flexibility index (Phi) is 8.02. The van der Waals surface area contributed by atoms with Crippen LogP contribution in [0.15, 0.2) is 54.7 Å². The van der Waals surface area contributed by atoms with Gasteiger partial charge in [-0.1, -0.05) is 18.2 Å². The maximum Gasteiger partial charge on any atom is 0.330 e. The van der Waals surface area contributed by atoms with E-state index in [0.29, 0.717) is 26.9 Å². The number of aromatic amines is 1. The number of amides is 3. The number of benzene rings is 2. The first kappa shape index (κ1) is 26.4. The molecule has 0 radical (unpaired) electrons. The van der Waals surface area contributed by atoms with Crippen molar-refractivity contribution >= 4 is 45.9 Å². The van der Waals surface area contributed by atoms with E-state index in [9.17, 15) is 24.3 Å². The van der Waals surface area contributed by atoms with Crippen LogP contribution in [-0.2, 0) is 16.1 Å². The Labute approximate surface area is 221 Å². The summed E-state index contributed by atoms with van der Waals surface area (Å²) < 4.78 is 4.80. The average molecular weight is 536 g/mol. The molecule has 1 unspecified atom stereocenters. The van der Waals surface area contributed by atoms with Crippen LogP contribution in [-0.4, -0.2) is 58.7 Å². The number of hydrogen-bond donors (Lipinski definition) is 5.